The molecule has 0 N–H and O–H groups in total. The van der Waals surface area contributed by atoms with E-state index in [-0.39, 0.29) is 43.0 Å². The topological polar surface area (TPSA) is 80.3 Å². The first-order valence-electron chi connectivity index (χ1n) is 12.3. The second kappa shape index (κ2) is 8.49. The summed E-state index contributed by atoms with van der Waals surface area (Å²) in [6.07, 6.45) is 2.03. The quantitative estimate of drug-likeness (QED) is 0.582. The number of cyclic esters (lactones) is 1. The fraction of sp³-hybridized carbons (Fsp3) is 0.417. The lowest BCUT2D eigenvalue weighted by molar-refractivity contribution is -0.163. The normalized spacial score (nSPS) is 18.1. The van der Waals surface area contributed by atoms with Crippen LogP contribution in [0.15, 0.2) is 30.3 Å². The number of rotatable bonds is 8. The number of benzene rings is 2. The van der Waals surface area contributed by atoms with Gasteiger partial charge in [0.2, 0.25) is 5.75 Å². The number of esters is 2. The van der Waals surface area contributed by atoms with Crippen molar-refractivity contribution in [1.82, 2.24) is 0 Å². The third-order valence-electron chi connectivity index (χ3n) is 5.83. The lowest BCUT2D eigenvalue weighted by Crippen LogP contribution is -2.44. The van der Waals surface area contributed by atoms with Crippen LogP contribution in [0.3, 0.4) is 0 Å². The zero-order chi connectivity index (χ0) is 25.2. The minimum atomic E-state index is -1.75. The van der Waals surface area contributed by atoms with E-state index in [0.29, 0.717) is 35.1 Å². The molecule has 1 saturated carbocycles. The van der Waals surface area contributed by atoms with Crippen LogP contribution in [-0.4, -0.2) is 39.3 Å². The van der Waals surface area contributed by atoms with Gasteiger partial charge in [0.15, 0.2) is 11.5 Å². The molecule has 0 radical (unpaired) electrons. The fourth-order valence-corrected chi connectivity index (χ4v) is 3.93. The molecule has 0 saturated heterocycles. The van der Waals surface area contributed by atoms with Gasteiger partial charge in [-0.3, -0.25) is 4.79 Å². The number of hydrogen-bond donors (Lipinski definition) is 0. The monoisotopic (exact) mass is 430 g/mol. The summed E-state index contributed by atoms with van der Waals surface area (Å²) in [7, 11) is -3.44. The maximum absolute atomic E-state index is 12.6. The van der Waals surface area contributed by atoms with E-state index < -0.39 is 25.5 Å². The summed E-state index contributed by atoms with van der Waals surface area (Å²) >= 11 is 0. The number of carbonyl (C=O) groups excluding carboxylic acids is 2. The van der Waals surface area contributed by atoms with E-state index in [1.54, 1.807) is 31.2 Å². The van der Waals surface area contributed by atoms with E-state index in [0.717, 1.165) is 6.42 Å². The summed E-state index contributed by atoms with van der Waals surface area (Å²) in [5, 5.41) is 0. The van der Waals surface area contributed by atoms with Crippen molar-refractivity contribution in [2.45, 2.75) is 32.8 Å². The van der Waals surface area contributed by atoms with Gasteiger partial charge in [0.1, 0.15) is 18.6 Å². The molecule has 0 atom stereocenters. The standard InChI is InChI=1S/C24H26O7/c1-4-29-23(26)24(10-5-11-24)14-31-20-17(8-9-19(27-2)21(20)28-3)15-6-7-18-16(12-15)13-30-22(18)25/h6-9,12H,4-5,10-11,13-14H2,1-3H3/i2D2,3D2. The molecule has 0 bridgehead atoms. The molecule has 4 rings (SSSR count). The van der Waals surface area contributed by atoms with Crippen molar-refractivity contribution in [1.29, 1.82) is 0 Å². The minimum Gasteiger partial charge on any atom is -0.493 e. The number of hydrogen-bond acceptors (Lipinski definition) is 7. The van der Waals surface area contributed by atoms with E-state index in [4.69, 9.17) is 29.2 Å². The first kappa shape index (κ1) is 16.5. The van der Waals surface area contributed by atoms with E-state index in [9.17, 15) is 9.59 Å². The lowest BCUT2D eigenvalue weighted by Gasteiger charge is -2.38. The van der Waals surface area contributed by atoms with Gasteiger partial charge in [-0.15, -0.1) is 0 Å². The predicted octanol–water partition coefficient (Wildman–Crippen LogP) is 4.15. The van der Waals surface area contributed by atoms with Crippen molar-refractivity contribution in [2.75, 3.05) is 27.3 Å². The highest BCUT2D eigenvalue weighted by molar-refractivity contribution is 5.94. The number of fused-ring (bicyclic) bond motifs is 1. The molecular weight excluding hydrogens is 400 g/mol. The summed E-state index contributed by atoms with van der Waals surface area (Å²) in [4.78, 5) is 24.5. The van der Waals surface area contributed by atoms with Crippen molar-refractivity contribution in [3.63, 3.8) is 0 Å². The van der Waals surface area contributed by atoms with Crippen LogP contribution in [0.1, 0.15) is 47.6 Å². The molecule has 31 heavy (non-hydrogen) atoms. The fourth-order valence-electron chi connectivity index (χ4n) is 3.93. The highest BCUT2D eigenvalue weighted by atomic mass is 16.6. The Morgan fingerprint density at radius 2 is 1.94 bits per heavy atom. The Balaban J connectivity index is 1.78. The van der Waals surface area contributed by atoms with Crippen molar-refractivity contribution < 1.29 is 38.8 Å². The van der Waals surface area contributed by atoms with Crippen molar-refractivity contribution in [3.8, 4) is 28.4 Å². The number of carbonyl (C=O) groups is 2. The SMILES string of the molecule is [2H]C([2H])Oc1ccc(-c2ccc3c(c2)COC3=O)c(OCC2(C(=O)OCC)CCC2)c1OC([2H])[2H]. The van der Waals surface area contributed by atoms with Crippen molar-refractivity contribution >= 4 is 11.9 Å². The van der Waals surface area contributed by atoms with E-state index in [1.807, 2.05) is 0 Å². The van der Waals surface area contributed by atoms with Gasteiger partial charge < -0.3 is 23.7 Å². The molecule has 2 aromatic carbocycles. The van der Waals surface area contributed by atoms with Crippen LogP contribution in [0.4, 0.5) is 0 Å². The van der Waals surface area contributed by atoms with Gasteiger partial charge in [-0.25, -0.2) is 4.79 Å². The van der Waals surface area contributed by atoms with Gasteiger partial charge in [0.25, 0.3) is 0 Å². The third kappa shape index (κ3) is 3.69. The van der Waals surface area contributed by atoms with Crippen LogP contribution in [0.5, 0.6) is 17.2 Å². The van der Waals surface area contributed by atoms with Crippen LogP contribution >= 0.6 is 0 Å². The molecule has 2 aliphatic rings. The molecular formula is C24H26O7. The molecule has 2 aromatic rings. The van der Waals surface area contributed by atoms with Crippen molar-refractivity contribution in [2.24, 2.45) is 5.41 Å². The molecule has 7 heteroatoms. The number of ether oxygens (including phenoxy) is 5. The summed E-state index contributed by atoms with van der Waals surface area (Å²) < 4.78 is 57.3. The van der Waals surface area contributed by atoms with Crippen LogP contribution in [0.25, 0.3) is 11.1 Å². The van der Waals surface area contributed by atoms with Crippen molar-refractivity contribution in [3.05, 3.63) is 41.5 Å². The Bertz CT molecular complexity index is 1120. The molecule has 7 nitrogen and oxygen atoms in total. The van der Waals surface area contributed by atoms with Crippen LogP contribution < -0.4 is 14.2 Å². The summed E-state index contributed by atoms with van der Waals surface area (Å²) in [6, 6.07) is 8.23. The molecule has 0 amide bonds. The van der Waals surface area contributed by atoms with E-state index >= 15 is 0 Å². The molecule has 0 spiro atoms. The highest BCUT2D eigenvalue weighted by Gasteiger charge is 2.46. The molecule has 0 aromatic heterocycles. The molecule has 1 fully saturated rings. The second-order valence-electron chi connectivity index (χ2n) is 7.60. The third-order valence-corrected chi connectivity index (χ3v) is 5.83. The maximum Gasteiger partial charge on any atom is 0.338 e. The second-order valence-corrected chi connectivity index (χ2v) is 7.60. The highest BCUT2D eigenvalue weighted by Crippen LogP contribution is 2.48. The summed E-state index contributed by atoms with van der Waals surface area (Å²) in [5.74, 6) is -0.810. The Hall–Kier alpha value is -3.22. The lowest BCUT2D eigenvalue weighted by atomic mass is 9.69. The summed E-state index contributed by atoms with van der Waals surface area (Å²) in [6.45, 7) is 2.08. The van der Waals surface area contributed by atoms with Gasteiger partial charge in [0.05, 0.1) is 31.8 Å². The molecule has 1 aliphatic heterocycles. The average molecular weight is 430 g/mol. The zero-order valence-electron chi connectivity index (χ0n) is 21.1. The molecule has 0 unspecified atom stereocenters. The van der Waals surface area contributed by atoms with Gasteiger partial charge in [-0.2, -0.15) is 0 Å². The smallest absolute Gasteiger partial charge is 0.338 e. The van der Waals surface area contributed by atoms with Crippen LogP contribution in [0.2, 0.25) is 0 Å². The summed E-state index contributed by atoms with van der Waals surface area (Å²) in [5.41, 5.74) is 1.48. The van der Waals surface area contributed by atoms with Crippen LogP contribution in [-0.2, 0) is 20.9 Å². The Morgan fingerprint density at radius 1 is 1.13 bits per heavy atom. The molecule has 1 aliphatic carbocycles. The van der Waals surface area contributed by atoms with E-state index in [2.05, 4.69) is 0 Å². The average Bonchev–Trinajstić information content (AvgIpc) is 3.14. The first-order chi connectivity index (χ1) is 16.7. The van der Waals surface area contributed by atoms with Crippen LogP contribution in [0, 0.1) is 5.41 Å². The first-order valence-corrected chi connectivity index (χ1v) is 10.0. The largest absolute Gasteiger partial charge is 0.493 e. The Morgan fingerprint density at radius 3 is 2.65 bits per heavy atom. The minimum absolute atomic E-state index is 0.0307. The van der Waals surface area contributed by atoms with Gasteiger partial charge >= 0.3 is 11.9 Å². The van der Waals surface area contributed by atoms with Gasteiger partial charge in [-0.05, 0) is 49.6 Å². The molecule has 164 valence electrons. The zero-order valence-corrected chi connectivity index (χ0v) is 17.1. The maximum atomic E-state index is 12.6. The molecule has 1 heterocycles. The Kier molecular flexibility index (Phi) is 4.51. The van der Waals surface area contributed by atoms with E-state index in [1.165, 1.54) is 6.07 Å². The number of methoxy groups -OCH3 is 2. The van der Waals surface area contributed by atoms with Gasteiger partial charge in [-0.1, -0.05) is 12.5 Å². The van der Waals surface area contributed by atoms with Gasteiger partial charge in [0, 0.05) is 11.1 Å². The Labute approximate surface area is 186 Å². The predicted molar refractivity (Wildman–Crippen MR) is 113 cm³/mol.